The smallest absolute Gasteiger partial charge is 0.419 e. The van der Waals surface area contributed by atoms with Crippen LogP contribution in [0.4, 0.5) is 4.79 Å². The zero-order valence-corrected chi connectivity index (χ0v) is 9.26. The second-order valence-electron chi connectivity index (χ2n) is 3.56. The van der Waals surface area contributed by atoms with E-state index in [9.17, 15) is 13.2 Å². The van der Waals surface area contributed by atoms with Gasteiger partial charge in [-0.05, 0) is 19.3 Å². The molecule has 0 radical (unpaired) electrons. The Kier molecular flexibility index (Phi) is 4.86. The van der Waals surface area contributed by atoms with Crippen molar-refractivity contribution in [2.75, 3.05) is 0 Å². The van der Waals surface area contributed by atoms with Gasteiger partial charge in [0.1, 0.15) is 0 Å². The number of carboxylic acid groups (broad SMARTS) is 1. The highest BCUT2D eigenvalue weighted by molar-refractivity contribution is 7.88. The van der Waals surface area contributed by atoms with Gasteiger partial charge in [-0.25, -0.2) is 9.52 Å². The number of rotatable bonds is 5. The molecular formula is C7H16N2O4S. The van der Waals surface area contributed by atoms with Gasteiger partial charge in [-0.3, -0.25) is 0 Å². The van der Waals surface area contributed by atoms with Gasteiger partial charge in [0.15, 0.2) is 0 Å². The molecule has 3 N–H and O–H groups in total. The topological polar surface area (TPSA) is 95.5 Å². The van der Waals surface area contributed by atoms with Crippen molar-refractivity contribution in [3.05, 3.63) is 0 Å². The van der Waals surface area contributed by atoms with Gasteiger partial charge in [0, 0.05) is 6.04 Å². The maximum absolute atomic E-state index is 11.0. The molecule has 1 atom stereocenters. The zero-order chi connectivity index (χ0) is 11.4. The molecule has 0 spiro atoms. The summed E-state index contributed by atoms with van der Waals surface area (Å²) in [4.78, 5) is 10.1. The molecule has 7 heteroatoms. The molecule has 0 saturated carbocycles. The average Bonchev–Trinajstić information content (AvgIpc) is 1.77. The minimum atomic E-state index is -3.93. The minimum Gasteiger partial charge on any atom is -0.464 e. The van der Waals surface area contributed by atoms with Crippen molar-refractivity contribution in [2.24, 2.45) is 5.92 Å². The van der Waals surface area contributed by atoms with Gasteiger partial charge in [0.05, 0.1) is 0 Å². The lowest BCUT2D eigenvalue weighted by molar-refractivity contribution is 0.201. The first-order chi connectivity index (χ1) is 6.23. The second-order valence-corrected chi connectivity index (χ2v) is 5.01. The lowest BCUT2D eigenvalue weighted by Crippen LogP contribution is -2.43. The zero-order valence-electron chi connectivity index (χ0n) is 8.44. The molecule has 0 aliphatic rings. The van der Waals surface area contributed by atoms with Gasteiger partial charge in [-0.2, -0.15) is 13.1 Å². The molecule has 1 unspecified atom stereocenters. The van der Waals surface area contributed by atoms with Gasteiger partial charge >= 0.3 is 16.3 Å². The van der Waals surface area contributed by atoms with E-state index in [1.165, 1.54) is 4.72 Å². The Bertz CT molecular complexity index is 286. The molecule has 0 aliphatic carbocycles. The van der Waals surface area contributed by atoms with E-state index < -0.39 is 16.3 Å². The molecule has 0 aromatic rings. The molecule has 0 rings (SSSR count). The molecule has 14 heavy (non-hydrogen) atoms. The summed E-state index contributed by atoms with van der Waals surface area (Å²) in [7, 11) is -3.93. The fourth-order valence-electron chi connectivity index (χ4n) is 1.16. The van der Waals surface area contributed by atoms with Crippen LogP contribution >= 0.6 is 0 Å². The molecule has 0 aromatic heterocycles. The van der Waals surface area contributed by atoms with Crippen LogP contribution in [0.5, 0.6) is 0 Å². The van der Waals surface area contributed by atoms with E-state index in [-0.39, 0.29) is 6.04 Å². The SMILES string of the molecule is CC(C)CC(C)NS(=O)(=O)NC(=O)O. The van der Waals surface area contributed by atoms with Crippen LogP contribution < -0.4 is 9.44 Å². The highest BCUT2D eigenvalue weighted by Gasteiger charge is 2.16. The summed E-state index contributed by atoms with van der Waals surface area (Å²) < 4.78 is 25.7. The van der Waals surface area contributed by atoms with Crippen molar-refractivity contribution in [1.82, 2.24) is 9.44 Å². The van der Waals surface area contributed by atoms with Crippen LogP contribution in [0.15, 0.2) is 0 Å². The Morgan fingerprint density at radius 2 is 1.86 bits per heavy atom. The number of amides is 1. The Morgan fingerprint density at radius 3 is 2.21 bits per heavy atom. The summed E-state index contributed by atoms with van der Waals surface area (Å²) in [5.41, 5.74) is 0. The van der Waals surface area contributed by atoms with Crippen LogP contribution in [0.1, 0.15) is 27.2 Å². The molecule has 0 saturated heterocycles. The molecule has 84 valence electrons. The van der Waals surface area contributed by atoms with Crippen molar-refractivity contribution in [3.63, 3.8) is 0 Å². The summed E-state index contributed by atoms with van der Waals surface area (Å²) in [6, 6.07) is -0.285. The third-order valence-corrected chi connectivity index (χ3v) is 2.56. The standard InChI is InChI=1S/C7H16N2O4S/c1-5(2)4-6(3)8-14(12,13)9-7(10)11/h5-6,8-9H,4H2,1-3H3,(H,10,11). The van der Waals surface area contributed by atoms with E-state index in [1.54, 1.807) is 6.92 Å². The van der Waals surface area contributed by atoms with E-state index in [4.69, 9.17) is 5.11 Å². The van der Waals surface area contributed by atoms with Crippen molar-refractivity contribution in [1.29, 1.82) is 0 Å². The highest BCUT2D eigenvalue weighted by Crippen LogP contribution is 2.04. The van der Waals surface area contributed by atoms with Gasteiger partial charge in [-0.1, -0.05) is 13.8 Å². The van der Waals surface area contributed by atoms with Gasteiger partial charge in [-0.15, -0.1) is 0 Å². The highest BCUT2D eigenvalue weighted by atomic mass is 32.2. The van der Waals surface area contributed by atoms with Gasteiger partial charge < -0.3 is 5.11 Å². The van der Waals surface area contributed by atoms with Crippen LogP contribution in [0, 0.1) is 5.92 Å². The molecule has 0 fully saturated rings. The number of hydrogen-bond donors (Lipinski definition) is 3. The second kappa shape index (κ2) is 5.16. The fraction of sp³-hybridized carbons (Fsp3) is 0.857. The van der Waals surface area contributed by atoms with Crippen molar-refractivity contribution >= 4 is 16.3 Å². The first-order valence-corrected chi connectivity index (χ1v) is 5.74. The van der Waals surface area contributed by atoms with Crippen molar-refractivity contribution in [3.8, 4) is 0 Å². The molecular weight excluding hydrogens is 208 g/mol. The van der Waals surface area contributed by atoms with Crippen LogP contribution in [-0.2, 0) is 10.2 Å². The third kappa shape index (κ3) is 6.67. The van der Waals surface area contributed by atoms with E-state index in [2.05, 4.69) is 4.72 Å². The molecule has 0 bridgehead atoms. The van der Waals surface area contributed by atoms with Crippen LogP contribution in [-0.4, -0.2) is 25.7 Å². The Labute approximate surface area is 83.9 Å². The summed E-state index contributed by atoms with van der Waals surface area (Å²) in [6.45, 7) is 5.59. The Morgan fingerprint density at radius 1 is 1.36 bits per heavy atom. The molecule has 0 aliphatic heterocycles. The quantitative estimate of drug-likeness (QED) is 0.634. The van der Waals surface area contributed by atoms with Gasteiger partial charge in [0.2, 0.25) is 0 Å². The average molecular weight is 224 g/mol. The molecule has 6 nitrogen and oxygen atoms in total. The first kappa shape index (κ1) is 13.2. The monoisotopic (exact) mass is 224 g/mol. The molecule has 0 aromatic carbocycles. The summed E-state index contributed by atoms with van der Waals surface area (Å²) in [6.07, 6.45) is -0.935. The minimum absolute atomic E-state index is 0.285. The van der Waals surface area contributed by atoms with Crippen LogP contribution in [0.2, 0.25) is 0 Å². The maximum Gasteiger partial charge on any atom is 0.419 e. The third-order valence-electron chi connectivity index (χ3n) is 1.40. The predicted octanol–water partition coefficient (Wildman–Crippen LogP) is 0.523. The van der Waals surface area contributed by atoms with E-state index in [1.807, 2.05) is 13.8 Å². The summed E-state index contributed by atoms with van der Waals surface area (Å²) >= 11 is 0. The Hall–Kier alpha value is -0.820. The molecule has 1 amide bonds. The fourth-order valence-corrected chi connectivity index (χ4v) is 2.08. The van der Waals surface area contributed by atoms with Crippen molar-refractivity contribution in [2.45, 2.75) is 33.2 Å². The lowest BCUT2D eigenvalue weighted by Gasteiger charge is -2.15. The van der Waals surface area contributed by atoms with Crippen LogP contribution in [0.25, 0.3) is 0 Å². The largest absolute Gasteiger partial charge is 0.464 e. The van der Waals surface area contributed by atoms with Crippen LogP contribution in [0.3, 0.4) is 0 Å². The van der Waals surface area contributed by atoms with E-state index >= 15 is 0 Å². The van der Waals surface area contributed by atoms with Crippen molar-refractivity contribution < 1.29 is 18.3 Å². The normalized spacial score (nSPS) is 14.0. The van der Waals surface area contributed by atoms with E-state index in [0.29, 0.717) is 12.3 Å². The molecule has 0 heterocycles. The lowest BCUT2D eigenvalue weighted by atomic mass is 10.1. The summed E-state index contributed by atoms with van der Waals surface area (Å²) in [5.74, 6) is 0.345. The predicted molar refractivity (Wildman–Crippen MR) is 52.1 cm³/mol. The maximum atomic E-state index is 11.0. The number of nitrogens with one attached hydrogen (secondary N) is 2. The number of carbonyl (C=O) groups is 1. The number of hydrogen-bond acceptors (Lipinski definition) is 3. The summed E-state index contributed by atoms with van der Waals surface area (Å²) in [5, 5.41) is 8.21. The Balaban J connectivity index is 4.16. The van der Waals surface area contributed by atoms with E-state index in [0.717, 1.165) is 0 Å². The van der Waals surface area contributed by atoms with Gasteiger partial charge in [0.25, 0.3) is 0 Å². The first-order valence-electron chi connectivity index (χ1n) is 4.26.